The highest BCUT2D eigenvalue weighted by atomic mass is 16.4. The molecule has 2 aromatic carbocycles. The van der Waals surface area contributed by atoms with E-state index in [9.17, 15) is 9.59 Å². The van der Waals surface area contributed by atoms with Crippen molar-refractivity contribution in [3.63, 3.8) is 0 Å². The maximum Gasteiger partial charge on any atom is 0.335 e. The summed E-state index contributed by atoms with van der Waals surface area (Å²) in [5.41, 5.74) is 4.62. The number of hydrogen-bond acceptors (Lipinski definition) is 4. The molecule has 0 spiro atoms. The summed E-state index contributed by atoms with van der Waals surface area (Å²) >= 11 is 0. The van der Waals surface area contributed by atoms with Crippen LogP contribution in [-0.2, 0) is 0 Å². The van der Waals surface area contributed by atoms with E-state index in [-0.39, 0.29) is 11.1 Å². The summed E-state index contributed by atoms with van der Waals surface area (Å²) in [6.45, 7) is 0. The van der Waals surface area contributed by atoms with E-state index in [1.54, 1.807) is 18.2 Å². The van der Waals surface area contributed by atoms with Crippen LogP contribution in [0.5, 0.6) is 0 Å². The monoisotopic (exact) mass is 272 g/mol. The third-order valence-electron chi connectivity index (χ3n) is 2.86. The van der Waals surface area contributed by atoms with Crippen molar-refractivity contribution in [2.75, 3.05) is 5.43 Å². The van der Waals surface area contributed by atoms with Gasteiger partial charge >= 0.3 is 11.9 Å². The number of hydrazine groups is 1. The van der Waals surface area contributed by atoms with Gasteiger partial charge in [0.05, 0.1) is 16.8 Å². The first kappa shape index (κ1) is 13.6. The van der Waals surface area contributed by atoms with E-state index in [2.05, 4.69) is 5.43 Å². The van der Waals surface area contributed by atoms with Crippen LogP contribution >= 0.6 is 0 Å². The normalized spacial score (nSPS) is 10.1. The van der Waals surface area contributed by atoms with Crippen LogP contribution in [0.15, 0.2) is 42.5 Å². The van der Waals surface area contributed by atoms with Crippen molar-refractivity contribution in [2.45, 2.75) is 0 Å². The van der Waals surface area contributed by atoms with Crippen LogP contribution in [0.1, 0.15) is 20.7 Å². The molecule has 0 unspecified atom stereocenters. The number of anilines is 1. The third-order valence-corrected chi connectivity index (χ3v) is 2.86. The Morgan fingerprint density at radius 1 is 0.900 bits per heavy atom. The molecule has 6 nitrogen and oxygen atoms in total. The lowest BCUT2D eigenvalue weighted by atomic mass is 10.0. The fourth-order valence-corrected chi connectivity index (χ4v) is 1.84. The summed E-state index contributed by atoms with van der Waals surface area (Å²) in [5.74, 6) is 3.35. The second-order valence-electron chi connectivity index (χ2n) is 4.09. The molecule has 20 heavy (non-hydrogen) atoms. The smallest absolute Gasteiger partial charge is 0.335 e. The minimum atomic E-state index is -1.05. The van der Waals surface area contributed by atoms with Gasteiger partial charge in [-0.1, -0.05) is 18.2 Å². The van der Waals surface area contributed by atoms with Crippen LogP contribution in [0.2, 0.25) is 0 Å². The van der Waals surface area contributed by atoms with Crippen molar-refractivity contribution >= 4 is 17.6 Å². The molecular weight excluding hydrogens is 260 g/mol. The van der Waals surface area contributed by atoms with Crippen molar-refractivity contribution in [1.29, 1.82) is 0 Å². The van der Waals surface area contributed by atoms with E-state index in [0.717, 1.165) is 5.56 Å². The molecule has 0 aromatic heterocycles. The Kier molecular flexibility index (Phi) is 3.67. The van der Waals surface area contributed by atoms with Gasteiger partial charge in [0.2, 0.25) is 0 Å². The summed E-state index contributed by atoms with van der Waals surface area (Å²) in [7, 11) is 0. The van der Waals surface area contributed by atoms with Crippen molar-refractivity contribution in [1.82, 2.24) is 0 Å². The Bertz CT molecular complexity index is 665. The Morgan fingerprint density at radius 3 is 1.95 bits per heavy atom. The molecule has 2 rings (SSSR count). The van der Waals surface area contributed by atoms with E-state index in [0.29, 0.717) is 11.3 Å². The van der Waals surface area contributed by atoms with E-state index in [1.165, 1.54) is 24.3 Å². The molecule has 0 aliphatic rings. The van der Waals surface area contributed by atoms with Gasteiger partial charge in [0.15, 0.2) is 0 Å². The molecule has 0 radical (unpaired) electrons. The Balaban J connectivity index is 2.46. The van der Waals surface area contributed by atoms with Gasteiger partial charge in [-0.25, -0.2) is 9.59 Å². The number of nitrogens with two attached hydrogens (primary N) is 1. The highest BCUT2D eigenvalue weighted by Gasteiger charge is 2.10. The molecule has 0 bridgehead atoms. The molecule has 0 amide bonds. The zero-order valence-electron chi connectivity index (χ0n) is 10.3. The summed E-state index contributed by atoms with van der Waals surface area (Å²) < 4.78 is 0. The minimum Gasteiger partial charge on any atom is -0.478 e. The summed E-state index contributed by atoms with van der Waals surface area (Å²) in [6.07, 6.45) is 0. The standard InChI is InChI=1S/C14H12N2O4/c15-16-12-7-10(14(19)20)5-6-11(12)8-1-3-9(4-2-8)13(17)18/h1-7,16H,15H2,(H,17,18)(H,19,20). The van der Waals surface area contributed by atoms with Gasteiger partial charge in [-0.2, -0.15) is 0 Å². The minimum absolute atomic E-state index is 0.115. The lowest BCUT2D eigenvalue weighted by Gasteiger charge is -2.10. The van der Waals surface area contributed by atoms with Crippen molar-refractivity contribution < 1.29 is 19.8 Å². The predicted molar refractivity (Wildman–Crippen MR) is 73.6 cm³/mol. The number of aromatic carboxylic acids is 2. The van der Waals surface area contributed by atoms with Gasteiger partial charge in [0.25, 0.3) is 0 Å². The number of benzene rings is 2. The van der Waals surface area contributed by atoms with Crippen molar-refractivity contribution in [3.8, 4) is 11.1 Å². The van der Waals surface area contributed by atoms with Crippen LogP contribution in [0.3, 0.4) is 0 Å². The van der Waals surface area contributed by atoms with Crippen LogP contribution < -0.4 is 11.3 Å². The van der Waals surface area contributed by atoms with Gasteiger partial charge in [-0.05, 0) is 29.8 Å². The first-order chi connectivity index (χ1) is 9.52. The van der Waals surface area contributed by atoms with E-state index in [4.69, 9.17) is 16.1 Å². The average Bonchev–Trinajstić information content (AvgIpc) is 2.46. The van der Waals surface area contributed by atoms with Crippen LogP contribution in [0.4, 0.5) is 5.69 Å². The molecule has 5 N–H and O–H groups in total. The second-order valence-corrected chi connectivity index (χ2v) is 4.09. The topological polar surface area (TPSA) is 113 Å². The predicted octanol–water partition coefficient (Wildman–Crippen LogP) is 2.04. The van der Waals surface area contributed by atoms with Gasteiger partial charge in [-0.15, -0.1) is 0 Å². The molecule has 0 fully saturated rings. The first-order valence-electron chi connectivity index (χ1n) is 5.70. The zero-order chi connectivity index (χ0) is 14.7. The summed E-state index contributed by atoms with van der Waals surface area (Å²) in [5, 5.41) is 17.8. The number of carbonyl (C=O) groups is 2. The molecule has 0 aliphatic heterocycles. The second kappa shape index (κ2) is 5.41. The zero-order valence-corrected chi connectivity index (χ0v) is 10.3. The van der Waals surface area contributed by atoms with Crippen LogP contribution in [0.25, 0.3) is 11.1 Å². The number of nitrogens with one attached hydrogen (secondary N) is 1. The third kappa shape index (κ3) is 2.60. The van der Waals surface area contributed by atoms with Crippen molar-refractivity contribution in [3.05, 3.63) is 53.6 Å². The van der Waals surface area contributed by atoms with Gasteiger partial charge in [0.1, 0.15) is 0 Å². The van der Waals surface area contributed by atoms with Gasteiger partial charge in [0, 0.05) is 5.56 Å². The lowest BCUT2D eigenvalue weighted by Crippen LogP contribution is -2.09. The average molecular weight is 272 g/mol. The number of carboxylic acid groups (broad SMARTS) is 2. The summed E-state index contributed by atoms with van der Waals surface area (Å²) in [6, 6.07) is 10.7. The molecule has 2 aromatic rings. The maximum absolute atomic E-state index is 10.9. The van der Waals surface area contributed by atoms with Crippen LogP contribution in [-0.4, -0.2) is 22.2 Å². The van der Waals surface area contributed by atoms with E-state index >= 15 is 0 Å². The molecular formula is C14H12N2O4. The molecule has 102 valence electrons. The quantitative estimate of drug-likeness (QED) is 0.500. The number of hydrogen-bond donors (Lipinski definition) is 4. The number of carboxylic acids is 2. The number of nitrogen functional groups attached to an aromatic ring is 1. The van der Waals surface area contributed by atoms with E-state index < -0.39 is 11.9 Å². The fourth-order valence-electron chi connectivity index (χ4n) is 1.84. The Labute approximate surface area is 114 Å². The molecule has 0 saturated heterocycles. The van der Waals surface area contributed by atoms with Crippen LogP contribution in [0, 0.1) is 0 Å². The summed E-state index contributed by atoms with van der Waals surface area (Å²) in [4.78, 5) is 21.7. The maximum atomic E-state index is 10.9. The first-order valence-corrected chi connectivity index (χ1v) is 5.70. The van der Waals surface area contributed by atoms with Gasteiger partial charge < -0.3 is 15.6 Å². The molecule has 0 aliphatic carbocycles. The Morgan fingerprint density at radius 2 is 1.45 bits per heavy atom. The SMILES string of the molecule is NNc1cc(C(=O)O)ccc1-c1ccc(C(=O)O)cc1. The molecule has 0 heterocycles. The highest BCUT2D eigenvalue weighted by molar-refractivity contribution is 5.92. The largest absolute Gasteiger partial charge is 0.478 e. The highest BCUT2D eigenvalue weighted by Crippen LogP contribution is 2.28. The number of rotatable bonds is 4. The molecule has 0 atom stereocenters. The van der Waals surface area contributed by atoms with E-state index in [1.807, 2.05) is 0 Å². The van der Waals surface area contributed by atoms with Gasteiger partial charge in [-0.3, -0.25) is 5.84 Å². The Hall–Kier alpha value is -2.86. The van der Waals surface area contributed by atoms with Crippen molar-refractivity contribution in [2.24, 2.45) is 5.84 Å². The molecule has 6 heteroatoms. The molecule has 0 saturated carbocycles. The lowest BCUT2D eigenvalue weighted by molar-refractivity contribution is 0.0686. The fraction of sp³-hybridized carbons (Fsp3) is 0.